The van der Waals surface area contributed by atoms with E-state index >= 15 is 0 Å². The number of aromatic nitrogens is 1. The van der Waals surface area contributed by atoms with Crippen LogP contribution in [0.1, 0.15) is 23.7 Å². The highest BCUT2D eigenvalue weighted by Crippen LogP contribution is 2.28. The Morgan fingerprint density at radius 3 is 2.86 bits per heavy atom. The second-order valence-corrected chi connectivity index (χ2v) is 5.83. The predicted octanol–water partition coefficient (Wildman–Crippen LogP) is 3.88. The van der Waals surface area contributed by atoms with Crippen molar-refractivity contribution in [2.45, 2.75) is 26.8 Å². The second kappa shape index (κ2) is 8.15. The molecule has 0 amide bonds. The summed E-state index contributed by atoms with van der Waals surface area (Å²) >= 11 is 3.55. The quantitative estimate of drug-likeness (QED) is 0.824. The van der Waals surface area contributed by atoms with Gasteiger partial charge in [0.2, 0.25) is 0 Å². The van der Waals surface area contributed by atoms with E-state index in [9.17, 15) is 0 Å². The number of benzene rings is 1. The van der Waals surface area contributed by atoms with Gasteiger partial charge in [0.25, 0.3) is 0 Å². The first-order valence-electron chi connectivity index (χ1n) is 7.23. The van der Waals surface area contributed by atoms with E-state index in [1.165, 1.54) is 5.56 Å². The van der Waals surface area contributed by atoms with Crippen molar-refractivity contribution in [3.8, 4) is 5.75 Å². The van der Waals surface area contributed by atoms with Crippen molar-refractivity contribution >= 4 is 15.9 Å². The van der Waals surface area contributed by atoms with E-state index in [1.807, 2.05) is 24.4 Å². The van der Waals surface area contributed by atoms with Crippen LogP contribution in [0, 0.1) is 6.92 Å². The van der Waals surface area contributed by atoms with Gasteiger partial charge in [0.05, 0.1) is 6.61 Å². The molecule has 0 saturated carbocycles. The monoisotopic (exact) mass is 348 g/mol. The van der Waals surface area contributed by atoms with Crippen LogP contribution in [0.5, 0.6) is 5.75 Å². The van der Waals surface area contributed by atoms with E-state index in [-0.39, 0.29) is 0 Å². The molecular formula is C17H21BrN2O. The Hall–Kier alpha value is -1.39. The fourth-order valence-electron chi connectivity index (χ4n) is 2.20. The van der Waals surface area contributed by atoms with E-state index in [2.05, 4.69) is 52.2 Å². The van der Waals surface area contributed by atoms with Gasteiger partial charge >= 0.3 is 0 Å². The summed E-state index contributed by atoms with van der Waals surface area (Å²) in [7, 11) is 0. The first kappa shape index (κ1) is 16.0. The molecule has 1 N–H and O–H groups in total. The average Bonchev–Trinajstić information content (AvgIpc) is 2.48. The van der Waals surface area contributed by atoms with Crippen LogP contribution in [-0.2, 0) is 13.0 Å². The van der Waals surface area contributed by atoms with Crippen molar-refractivity contribution in [2.24, 2.45) is 0 Å². The zero-order valence-corrected chi connectivity index (χ0v) is 14.1. The Morgan fingerprint density at radius 2 is 2.14 bits per heavy atom. The molecule has 0 saturated heterocycles. The highest BCUT2D eigenvalue weighted by atomic mass is 79.9. The van der Waals surface area contributed by atoms with Crippen LogP contribution in [0.25, 0.3) is 0 Å². The Morgan fingerprint density at radius 1 is 1.29 bits per heavy atom. The normalized spacial score (nSPS) is 10.6. The minimum absolute atomic E-state index is 0.638. The highest BCUT2D eigenvalue weighted by Gasteiger charge is 2.09. The summed E-state index contributed by atoms with van der Waals surface area (Å²) in [5, 5.41) is 3.35. The molecule has 0 aliphatic heterocycles. The molecule has 0 spiro atoms. The first-order chi connectivity index (χ1) is 10.2. The standard InChI is InChI=1S/C17H21BrN2O/c1-3-19-12-14-11-15(18)10-13(2)17(14)21-9-7-16-6-4-5-8-20-16/h4-6,8,10-11,19H,3,7,9,12H2,1-2H3. The van der Waals surface area contributed by atoms with Crippen LogP contribution in [-0.4, -0.2) is 18.1 Å². The van der Waals surface area contributed by atoms with Crippen LogP contribution >= 0.6 is 15.9 Å². The van der Waals surface area contributed by atoms with Crippen molar-refractivity contribution in [1.29, 1.82) is 0 Å². The van der Waals surface area contributed by atoms with Gasteiger partial charge in [0.1, 0.15) is 5.75 Å². The van der Waals surface area contributed by atoms with Crippen molar-refractivity contribution in [2.75, 3.05) is 13.2 Å². The third-order valence-electron chi connectivity index (χ3n) is 3.21. The molecule has 0 aliphatic rings. The Bertz CT molecular complexity index is 573. The fourth-order valence-corrected chi connectivity index (χ4v) is 2.82. The van der Waals surface area contributed by atoms with Gasteiger partial charge in [-0.2, -0.15) is 0 Å². The van der Waals surface area contributed by atoms with Crippen molar-refractivity contribution in [3.63, 3.8) is 0 Å². The fraction of sp³-hybridized carbons (Fsp3) is 0.353. The summed E-state index contributed by atoms with van der Waals surface area (Å²) in [6.45, 7) is 6.58. The topological polar surface area (TPSA) is 34.1 Å². The lowest BCUT2D eigenvalue weighted by Gasteiger charge is -2.15. The number of nitrogens with one attached hydrogen (secondary N) is 1. The number of ether oxygens (including phenoxy) is 1. The van der Waals surface area contributed by atoms with Crippen LogP contribution in [0.15, 0.2) is 41.0 Å². The summed E-state index contributed by atoms with van der Waals surface area (Å²) < 4.78 is 7.11. The lowest BCUT2D eigenvalue weighted by molar-refractivity contribution is 0.314. The van der Waals surface area contributed by atoms with Crippen LogP contribution in [0.4, 0.5) is 0 Å². The lowest BCUT2D eigenvalue weighted by atomic mass is 10.1. The number of halogens is 1. The van der Waals surface area contributed by atoms with Crippen LogP contribution in [0.2, 0.25) is 0 Å². The molecule has 1 heterocycles. The van der Waals surface area contributed by atoms with E-state index in [0.29, 0.717) is 6.61 Å². The van der Waals surface area contributed by atoms with Gasteiger partial charge in [-0.25, -0.2) is 0 Å². The smallest absolute Gasteiger partial charge is 0.126 e. The molecule has 1 aromatic carbocycles. The lowest BCUT2D eigenvalue weighted by Crippen LogP contribution is -2.14. The maximum Gasteiger partial charge on any atom is 0.126 e. The summed E-state index contributed by atoms with van der Waals surface area (Å²) in [5.74, 6) is 0.982. The summed E-state index contributed by atoms with van der Waals surface area (Å²) in [4.78, 5) is 4.32. The molecule has 112 valence electrons. The van der Waals surface area contributed by atoms with E-state index in [0.717, 1.165) is 41.0 Å². The van der Waals surface area contributed by atoms with Gasteiger partial charge in [-0.1, -0.05) is 28.9 Å². The first-order valence-corrected chi connectivity index (χ1v) is 8.02. The van der Waals surface area contributed by atoms with Crippen molar-refractivity contribution < 1.29 is 4.74 Å². The summed E-state index contributed by atoms with van der Waals surface area (Å²) in [6, 6.07) is 10.2. The number of pyridine rings is 1. The van der Waals surface area contributed by atoms with Crippen molar-refractivity contribution in [3.05, 3.63) is 57.8 Å². The average molecular weight is 349 g/mol. The molecule has 3 nitrogen and oxygen atoms in total. The number of hydrogen-bond donors (Lipinski definition) is 1. The number of nitrogens with zero attached hydrogens (tertiary/aromatic N) is 1. The summed E-state index contributed by atoms with van der Waals surface area (Å²) in [6.07, 6.45) is 2.63. The van der Waals surface area contributed by atoms with Gasteiger partial charge in [-0.05, 0) is 43.3 Å². The zero-order valence-electron chi connectivity index (χ0n) is 12.5. The molecule has 21 heavy (non-hydrogen) atoms. The highest BCUT2D eigenvalue weighted by molar-refractivity contribution is 9.10. The third-order valence-corrected chi connectivity index (χ3v) is 3.67. The Balaban J connectivity index is 2.04. The van der Waals surface area contributed by atoms with E-state index in [4.69, 9.17) is 4.74 Å². The van der Waals surface area contributed by atoms with E-state index < -0.39 is 0 Å². The number of hydrogen-bond acceptors (Lipinski definition) is 3. The van der Waals surface area contributed by atoms with Gasteiger partial charge in [0, 0.05) is 34.9 Å². The molecule has 0 bridgehead atoms. The van der Waals surface area contributed by atoms with Crippen LogP contribution in [0.3, 0.4) is 0 Å². The minimum Gasteiger partial charge on any atom is -0.493 e. The summed E-state index contributed by atoms with van der Waals surface area (Å²) in [5.41, 5.74) is 3.39. The molecule has 0 fully saturated rings. The molecule has 2 aromatic rings. The molecule has 4 heteroatoms. The second-order valence-electron chi connectivity index (χ2n) is 4.91. The Labute approximate surface area is 134 Å². The molecule has 0 radical (unpaired) electrons. The number of rotatable bonds is 7. The molecule has 2 rings (SSSR count). The van der Waals surface area contributed by atoms with Gasteiger partial charge < -0.3 is 10.1 Å². The SMILES string of the molecule is CCNCc1cc(Br)cc(C)c1OCCc1ccccn1. The van der Waals surface area contributed by atoms with Gasteiger partial charge in [-0.3, -0.25) is 4.98 Å². The predicted molar refractivity (Wildman–Crippen MR) is 89.7 cm³/mol. The molecule has 0 atom stereocenters. The van der Waals surface area contributed by atoms with Gasteiger partial charge in [0.15, 0.2) is 0 Å². The number of aryl methyl sites for hydroxylation is 1. The van der Waals surface area contributed by atoms with E-state index in [1.54, 1.807) is 0 Å². The molecule has 1 aromatic heterocycles. The third kappa shape index (κ3) is 4.83. The molecular weight excluding hydrogens is 328 g/mol. The Kier molecular flexibility index (Phi) is 6.21. The van der Waals surface area contributed by atoms with Gasteiger partial charge in [-0.15, -0.1) is 0 Å². The maximum absolute atomic E-state index is 6.02. The molecule has 0 unspecified atom stereocenters. The van der Waals surface area contributed by atoms with Crippen molar-refractivity contribution in [1.82, 2.24) is 10.3 Å². The van der Waals surface area contributed by atoms with Crippen LogP contribution < -0.4 is 10.1 Å². The largest absolute Gasteiger partial charge is 0.493 e. The minimum atomic E-state index is 0.638. The maximum atomic E-state index is 6.02. The molecule has 0 aliphatic carbocycles. The zero-order chi connectivity index (χ0) is 15.1.